The number of hydrogen-bond donors (Lipinski definition) is 3. The van der Waals surface area contributed by atoms with E-state index in [1.807, 2.05) is 24.3 Å². The second-order valence-corrected chi connectivity index (χ2v) is 6.30. The summed E-state index contributed by atoms with van der Waals surface area (Å²) in [6.07, 6.45) is 3.18. The summed E-state index contributed by atoms with van der Waals surface area (Å²) in [5.74, 6) is -0.264. The van der Waals surface area contributed by atoms with E-state index in [4.69, 9.17) is 0 Å². The van der Waals surface area contributed by atoms with Gasteiger partial charge in [0.15, 0.2) is 0 Å². The van der Waals surface area contributed by atoms with Gasteiger partial charge in [0.2, 0.25) is 0 Å². The first kappa shape index (κ1) is 17.7. The number of halogens is 1. The lowest BCUT2D eigenvalue weighted by atomic mass is 10.2. The third-order valence-corrected chi connectivity index (χ3v) is 4.09. The van der Waals surface area contributed by atoms with Crippen LogP contribution in [0.15, 0.2) is 65.4 Å². The average molecular weight is 414 g/mol. The van der Waals surface area contributed by atoms with Gasteiger partial charge in [-0.3, -0.25) is 4.79 Å². The molecule has 0 bridgehead atoms. The van der Waals surface area contributed by atoms with Gasteiger partial charge in [-0.15, -0.1) is 0 Å². The minimum absolute atomic E-state index is 0.264. The molecule has 0 fully saturated rings. The first-order valence-corrected chi connectivity index (χ1v) is 8.55. The van der Waals surface area contributed by atoms with Crippen LogP contribution in [-0.2, 0) is 0 Å². The first-order valence-electron chi connectivity index (χ1n) is 7.76. The van der Waals surface area contributed by atoms with Gasteiger partial charge in [0.05, 0.1) is 17.4 Å². The molecular weight excluding hydrogens is 398 g/mol. The van der Waals surface area contributed by atoms with Crippen molar-refractivity contribution in [2.24, 2.45) is 0 Å². The van der Waals surface area contributed by atoms with E-state index < -0.39 is 0 Å². The number of aromatic nitrogens is 2. The fraction of sp³-hybridized carbons (Fsp3) is 0.0556. The molecule has 26 heavy (non-hydrogen) atoms. The van der Waals surface area contributed by atoms with Crippen molar-refractivity contribution in [1.29, 1.82) is 0 Å². The van der Waals surface area contributed by atoms with E-state index in [0.29, 0.717) is 16.9 Å². The second-order valence-electron chi connectivity index (χ2n) is 5.39. The molecule has 0 aliphatic carbocycles. The third kappa shape index (κ3) is 4.28. The molecule has 3 rings (SSSR count). The Hall–Kier alpha value is -3.13. The standard InChI is InChI=1S/C18H16BrN5O2/c1-20-18(26)23-15-6-4-14(5-7-15)22-17(25)12-10-21-24(11-12)16-8-2-13(19)3-9-16/h2-11H,1H3,(H,22,25)(H2,20,23,26). The van der Waals surface area contributed by atoms with Crippen LogP contribution in [-0.4, -0.2) is 28.8 Å². The van der Waals surface area contributed by atoms with Crippen LogP contribution in [0.1, 0.15) is 10.4 Å². The van der Waals surface area contributed by atoms with Crippen LogP contribution in [0.3, 0.4) is 0 Å². The topological polar surface area (TPSA) is 88.1 Å². The first-order chi connectivity index (χ1) is 12.5. The fourth-order valence-corrected chi connectivity index (χ4v) is 2.47. The Kier molecular flexibility index (Phi) is 5.33. The highest BCUT2D eigenvalue weighted by Gasteiger charge is 2.10. The largest absolute Gasteiger partial charge is 0.341 e. The van der Waals surface area contributed by atoms with Crippen LogP contribution >= 0.6 is 15.9 Å². The van der Waals surface area contributed by atoms with E-state index in [1.54, 1.807) is 42.2 Å². The summed E-state index contributed by atoms with van der Waals surface area (Å²) in [7, 11) is 1.54. The monoisotopic (exact) mass is 413 g/mol. The number of anilines is 2. The number of amides is 3. The Morgan fingerprint density at radius 3 is 2.19 bits per heavy atom. The predicted octanol–water partition coefficient (Wildman–Crippen LogP) is 3.64. The summed E-state index contributed by atoms with van der Waals surface area (Å²) in [5.41, 5.74) is 2.55. The molecule has 3 N–H and O–H groups in total. The fourth-order valence-electron chi connectivity index (χ4n) is 2.21. The van der Waals surface area contributed by atoms with Crippen LogP contribution in [0.2, 0.25) is 0 Å². The summed E-state index contributed by atoms with van der Waals surface area (Å²) < 4.78 is 2.61. The van der Waals surface area contributed by atoms with E-state index in [0.717, 1.165) is 10.2 Å². The van der Waals surface area contributed by atoms with Crippen molar-refractivity contribution in [3.05, 3.63) is 71.0 Å². The number of carbonyl (C=O) groups excluding carboxylic acids is 2. The Morgan fingerprint density at radius 2 is 1.58 bits per heavy atom. The average Bonchev–Trinajstić information content (AvgIpc) is 3.14. The highest BCUT2D eigenvalue weighted by Crippen LogP contribution is 2.16. The minimum atomic E-state index is -0.304. The van der Waals surface area contributed by atoms with Gasteiger partial charge in [-0.1, -0.05) is 15.9 Å². The number of rotatable bonds is 4. The Morgan fingerprint density at radius 1 is 0.962 bits per heavy atom. The maximum Gasteiger partial charge on any atom is 0.318 e. The van der Waals surface area contributed by atoms with Gasteiger partial charge in [-0.05, 0) is 48.5 Å². The van der Waals surface area contributed by atoms with Crippen molar-refractivity contribution in [2.75, 3.05) is 17.7 Å². The smallest absolute Gasteiger partial charge is 0.318 e. The van der Waals surface area contributed by atoms with Gasteiger partial charge < -0.3 is 16.0 Å². The van der Waals surface area contributed by atoms with E-state index in [2.05, 4.69) is 37.0 Å². The highest BCUT2D eigenvalue weighted by atomic mass is 79.9. The lowest BCUT2D eigenvalue weighted by Crippen LogP contribution is -2.24. The van der Waals surface area contributed by atoms with Gasteiger partial charge in [0, 0.05) is 29.1 Å². The van der Waals surface area contributed by atoms with Gasteiger partial charge in [-0.25, -0.2) is 9.48 Å². The molecule has 2 aromatic carbocycles. The van der Waals surface area contributed by atoms with Crippen molar-refractivity contribution in [1.82, 2.24) is 15.1 Å². The Labute approximate surface area is 158 Å². The van der Waals surface area contributed by atoms with E-state index in [1.165, 1.54) is 6.20 Å². The summed E-state index contributed by atoms with van der Waals surface area (Å²) in [6, 6.07) is 14.1. The summed E-state index contributed by atoms with van der Waals surface area (Å²) in [5, 5.41) is 12.1. The zero-order chi connectivity index (χ0) is 18.5. The molecule has 8 heteroatoms. The summed E-state index contributed by atoms with van der Waals surface area (Å²) in [4.78, 5) is 23.6. The van der Waals surface area contributed by atoms with Crippen molar-refractivity contribution in [3.8, 4) is 5.69 Å². The molecule has 132 valence electrons. The molecular formula is C18H16BrN5O2. The van der Waals surface area contributed by atoms with Crippen LogP contribution in [0, 0.1) is 0 Å². The number of nitrogens with one attached hydrogen (secondary N) is 3. The van der Waals surface area contributed by atoms with Gasteiger partial charge in [0.1, 0.15) is 0 Å². The normalized spacial score (nSPS) is 10.2. The molecule has 0 saturated heterocycles. The number of benzene rings is 2. The molecule has 0 radical (unpaired) electrons. The van der Waals surface area contributed by atoms with Crippen LogP contribution in [0.5, 0.6) is 0 Å². The Balaban J connectivity index is 1.66. The highest BCUT2D eigenvalue weighted by molar-refractivity contribution is 9.10. The number of hydrogen-bond acceptors (Lipinski definition) is 3. The number of nitrogens with zero attached hydrogens (tertiary/aromatic N) is 2. The number of urea groups is 1. The molecule has 3 aromatic rings. The van der Waals surface area contributed by atoms with E-state index in [-0.39, 0.29) is 11.9 Å². The van der Waals surface area contributed by atoms with Gasteiger partial charge in [-0.2, -0.15) is 5.10 Å². The molecule has 7 nitrogen and oxygen atoms in total. The molecule has 1 aromatic heterocycles. The Bertz CT molecular complexity index is 920. The van der Waals surface area contributed by atoms with Crippen molar-refractivity contribution < 1.29 is 9.59 Å². The summed E-state index contributed by atoms with van der Waals surface area (Å²) in [6.45, 7) is 0. The van der Waals surface area contributed by atoms with Gasteiger partial charge in [0.25, 0.3) is 5.91 Å². The SMILES string of the molecule is CNC(=O)Nc1ccc(NC(=O)c2cnn(-c3ccc(Br)cc3)c2)cc1. The van der Waals surface area contributed by atoms with Crippen molar-refractivity contribution in [3.63, 3.8) is 0 Å². The van der Waals surface area contributed by atoms with Gasteiger partial charge >= 0.3 is 6.03 Å². The minimum Gasteiger partial charge on any atom is -0.341 e. The maximum absolute atomic E-state index is 12.4. The molecule has 0 saturated carbocycles. The molecule has 0 atom stereocenters. The molecule has 0 spiro atoms. The third-order valence-electron chi connectivity index (χ3n) is 3.56. The zero-order valence-corrected chi connectivity index (χ0v) is 15.4. The van der Waals surface area contributed by atoms with Crippen LogP contribution in [0.25, 0.3) is 5.69 Å². The molecule has 0 unspecified atom stereocenters. The molecule has 0 aliphatic rings. The van der Waals surface area contributed by atoms with Crippen molar-refractivity contribution in [2.45, 2.75) is 0 Å². The summed E-state index contributed by atoms with van der Waals surface area (Å²) >= 11 is 3.39. The lowest BCUT2D eigenvalue weighted by molar-refractivity contribution is 0.102. The quantitative estimate of drug-likeness (QED) is 0.609. The predicted molar refractivity (Wildman–Crippen MR) is 104 cm³/mol. The molecule has 3 amide bonds. The van der Waals surface area contributed by atoms with Crippen LogP contribution in [0.4, 0.5) is 16.2 Å². The lowest BCUT2D eigenvalue weighted by Gasteiger charge is -2.07. The zero-order valence-electron chi connectivity index (χ0n) is 13.9. The van der Waals surface area contributed by atoms with E-state index >= 15 is 0 Å². The van der Waals surface area contributed by atoms with Crippen molar-refractivity contribution >= 4 is 39.2 Å². The molecule has 0 aliphatic heterocycles. The maximum atomic E-state index is 12.4. The molecule has 1 heterocycles. The second kappa shape index (κ2) is 7.83. The van der Waals surface area contributed by atoms with Crippen LogP contribution < -0.4 is 16.0 Å². The van der Waals surface area contributed by atoms with E-state index in [9.17, 15) is 9.59 Å². The number of carbonyl (C=O) groups is 2.